The molecule has 13 heteroatoms. The zero-order chi connectivity index (χ0) is 28.0. The third-order valence-electron chi connectivity index (χ3n) is 6.01. The van der Waals surface area contributed by atoms with Crippen LogP contribution in [0, 0.1) is 12.7 Å². The number of hydrogen-bond acceptors (Lipinski definition) is 9. The van der Waals surface area contributed by atoms with Crippen LogP contribution in [0.25, 0.3) is 11.4 Å². The number of likely N-dealkylation sites (N-methyl/N-ethyl adjacent to an activating group) is 1. The van der Waals surface area contributed by atoms with Crippen molar-refractivity contribution in [2.75, 3.05) is 57.0 Å². The molecule has 2 N–H and O–H groups in total. The van der Waals surface area contributed by atoms with Crippen LogP contribution < -0.4 is 15.4 Å². The number of halogens is 3. The van der Waals surface area contributed by atoms with Crippen LogP contribution in [0.15, 0.2) is 36.5 Å². The van der Waals surface area contributed by atoms with E-state index in [4.69, 9.17) is 4.74 Å². The van der Waals surface area contributed by atoms with Crippen molar-refractivity contribution in [1.82, 2.24) is 30.0 Å². The van der Waals surface area contributed by atoms with Crippen LogP contribution in [0.2, 0.25) is 0 Å². The van der Waals surface area contributed by atoms with Crippen LogP contribution in [0.3, 0.4) is 0 Å². The predicted molar refractivity (Wildman–Crippen MR) is 141 cm³/mol. The van der Waals surface area contributed by atoms with Crippen molar-refractivity contribution in [3.8, 4) is 17.3 Å². The third kappa shape index (κ3) is 8.32. The summed E-state index contributed by atoms with van der Waals surface area (Å²) >= 11 is 0. The maximum atomic E-state index is 14.5. The number of carbonyl (C=O) groups excluding carboxylic acids is 1. The quantitative estimate of drug-likeness (QED) is 0.395. The van der Waals surface area contributed by atoms with E-state index in [1.54, 1.807) is 19.1 Å². The Balaban J connectivity index is 1.49. The van der Waals surface area contributed by atoms with Crippen LogP contribution in [0.5, 0.6) is 5.88 Å². The Morgan fingerprint density at radius 1 is 1.13 bits per heavy atom. The Hall–Kier alpha value is -3.84. The summed E-state index contributed by atoms with van der Waals surface area (Å²) in [7, 11) is 2.07. The molecule has 0 unspecified atom stereocenters. The van der Waals surface area contributed by atoms with Gasteiger partial charge in [-0.15, -0.1) is 10.2 Å². The Morgan fingerprint density at radius 2 is 1.90 bits per heavy atom. The fourth-order valence-electron chi connectivity index (χ4n) is 3.88. The van der Waals surface area contributed by atoms with Gasteiger partial charge in [0.2, 0.25) is 5.91 Å². The molecule has 4 heterocycles. The van der Waals surface area contributed by atoms with E-state index in [-0.39, 0.29) is 28.9 Å². The van der Waals surface area contributed by atoms with Gasteiger partial charge in [-0.1, -0.05) is 0 Å². The average Bonchev–Trinajstić information content (AvgIpc) is 2.89. The summed E-state index contributed by atoms with van der Waals surface area (Å²) in [5.41, 5.74) is 1.23. The zero-order valence-electron chi connectivity index (χ0n) is 22.0. The van der Waals surface area contributed by atoms with E-state index < -0.39 is 18.3 Å². The molecule has 0 radical (unpaired) electrons. The van der Waals surface area contributed by atoms with E-state index in [2.05, 4.69) is 47.6 Å². The highest BCUT2D eigenvalue weighted by atomic mass is 19.3. The summed E-state index contributed by atoms with van der Waals surface area (Å²) in [6, 6.07) is 7.39. The maximum Gasteiger partial charge on any atom is 0.278 e. The van der Waals surface area contributed by atoms with Crippen molar-refractivity contribution in [3.63, 3.8) is 0 Å². The SMILES string of the molecule is Cc1ccc(F)c(-c2cc(Nc3ccnc(NC(=O)CCN4CCN(C)CC4)c3)c(OCC(C)(F)F)nn2)n1. The minimum absolute atomic E-state index is 0.0408. The number of alkyl halides is 2. The number of pyridine rings is 2. The first-order valence-electron chi connectivity index (χ1n) is 12.5. The van der Waals surface area contributed by atoms with E-state index in [0.717, 1.165) is 33.1 Å². The molecule has 39 heavy (non-hydrogen) atoms. The fourth-order valence-corrected chi connectivity index (χ4v) is 3.88. The number of amides is 1. The molecule has 1 aliphatic rings. The van der Waals surface area contributed by atoms with Gasteiger partial charge in [-0.2, -0.15) is 0 Å². The highest BCUT2D eigenvalue weighted by Crippen LogP contribution is 2.31. The minimum atomic E-state index is -3.11. The number of aromatic nitrogens is 4. The summed E-state index contributed by atoms with van der Waals surface area (Å²) in [6.45, 7) is 5.91. The monoisotopic (exact) mass is 544 g/mol. The number of nitrogens with one attached hydrogen (secondary N) is 2. The third-order valence-corrected chi connectivity index (χ3v) is 6.01. The molecule has 1 fully saturated rings. The standard InChI is InChI=1S/C26H31F3N8O2/c1-17-4-5-19(27)24(31-17)20-15-21(25(35-34-20)39-16-26(2,28)29)32-18-6-8-30-22(14-18)33-23(38)7-9-37-12-10-36(3)11-13-37/h4-6,8,14-15H,7,9-13,16H2,1-3H3,(H2,30,32,33,34,38). The Kier molecular flexibility index (Phi) is 8.92. The molecule has 0 bridgehead atoms. The molecule has 0 spiro atoms. The number of carbonyl (C=O) groups is 1. The number of ether oxygens (including phenoxy) is 1. The van der Waals surface area contributed by atoms with E-state index in [0.29, 0.717) is 30.2 Å². The molecule has 208 valence electrons. The smallest absolute Gasteiger partial charge is 0.278 e. The molecule has 1 saturated heterocycles. The lowest BCUT2D eigenvalue weighted by Gasteiger charge is -2.32. The van der Waals surface area contributed by atoms with Crippen molar-refractivity contribution in [2.45, 2.75) is 26.2 Å². The molecule has 3 aromatic rings. The van der Waals surface area contributed by atoms with E-state index in [9.17, 15) is 18.0 Å². The van der Waals surface area contributed by atoms with Crippen LogP contribution in [-0.4, -0.2) is 88.2 Å². The van der Waals surface area contributed by atoms with Gasteiger partial charge in [-0.3, -0.25) is 4.79 Å². The molecule has 0 aliphatic carbocycles. The highest BCUT2D eigenvalue weighted by molar-refractivity contribution is 5.90. The molecule has 1 aliphatic heterocycles. The summed E-state index contributed by atoms with van der Waals surface area (Å²) in [6.07, 6.45) is 1.80. The lowest BCUT2D eigenvalue weighted by atomic mass is 10.2. The van der Waals surface area contributed by atoms with E-state index in [1.807, 2.05) is 0 Å². The number of hydrogen-bond donors (Lipinski definition) is 2. The van der Waals surface area contributed by atoms with Gasteiger partial charge in [0.05, 0.1) is 0 Å². The van der Waals surface area contributed by atoms with Gasteiger partial charge in [0.1, 0.15) is 22.9 Å². The van der Waals surface area contributed by atoms with Gasteiger partial charge in [-0.25, -0.2) is 23.1 Å². The van der Waals surface area contributed by atoms with Crippen molar-refractivity contribution in [3.05, 3.63) is 48.0 Å². The van der Waals surface area contributed by atoms with Gasteiger partial charge in [0.15, 0.2) is 12.4 Å². The maximum absolute atomic E-state index is 14.5. The largest absolute Gasteiger partial charge is 0.469 e. The molecule has 0 saturated carbocycles. The van der Waals surface area contributed by atoms with Crippen LogP contribution in [0.1, 0.15) is 19.0 Å². The summed E-state index contributed by atoms with van der Waals surface area (Å²) in [4.78, 5) is 25.4. The number of aryl methyl sites for hydroxylation is 1. The van der Waals surface area contributed by atoms with Crippen molar-refractivity contribution < 1.29 is 22.7 Å². The van der Waals surface area contributed by atoms with Crippen LogP contribution >= 0.6 is 0 Å². The normalized spacial score (nSPS) is 14.7. The van der Waals surface area contributed by atoms with Gasteiger partial charge >= 0.3 is 0 Å². The lowest BCUT2D eigenvalue weighted by Crippen LogP contribution is -2.45. The Labute approximate surface area is 224 Å². The Bertz CT molecular complexity index is 1300. The van der Waals surface area contributed by atoms with Gasteiger partial charge in [-0.05, 0) is 38.2 Å². The topological polar surface area (TPSA) is 108 Å². The van der Waals surface area contributed by atoms with Crippen LogP contribution in [0.4, 0.5) is 30.4 Å². The summed E-state index contributed by atoms with van der Waals surface area (Å²) < 4.78 is 46.6. The second-order valence-corrected chi connectivity index (χ2v) is 9.59. The summed E-state index contributed by atoms with van der Waals surface area (Å²) in [5, 5.41) is 13.6. The molecule has 4 rings (SSSR count). The minimum Gasteiger partial charge on any atom is -0.469 e. The van der Waals surface area contributed by atoms with Crippen LogP contribution in [-0.2, 0) is 4.79 Å². The first kappa shape index (κ1) is 28.2. The second kappa shape index (κ2) is 12.3. The molecule has 3 aromatic heterocycles. The van der Waals surface area contributed by atoms with E-state index in [1.165, 1.54) is 24.4 Å². The highest BCUT2D eigenvalue weighted by Gasteiger charge is 2.24. The molecular weight excluding hydrogens is 513 g/mol. The van der Waals surface area contributed by atoms with Crippen molar-refractivity contribution in [2.24, 2.45) is 0 Å². The zero-order valence-corrected chi connectivity index (χ0v) is 22.0. The molecular formula is C26H31F3N8O2. The van der Waals surface area contributed by atoms with E-state index >= 15 is 0 Å². The number of anilines is 3. The molecule has 0 aromatic carbocycles. The molecule has 1 amide bonds. The number of piperazine rings is 1. The Morgan fingerprint density at radius 3 is 2.64 bits per heavy atom. The second-order valence-electron chi connectivity index (χ2n) is 9.59. The first-order chi connectivity index (χ1) is 18.6. The fraction of sp³-hybridized carbons (Fsp3) is 0.423. The molecule has 10 nitrogen and oxygen atoms in total. The summed E-state index contributed by atoms with van der Waals surface area (Å²) in [5.74, 6) is -3.80. The number of nitrogens with zero attached hydrogens (tertiary/aromatic N) is 6. The van der Waals surface area contributed by atoms with Gasteiger partial charge in [0, 0.05) is 69.7 Å². The van der Waals surface area contributed by atoms with Crippen molar-refractivity contribution in [1.29, 1.82) is 0 Å². The average molecular weight is 545 g/mol. The predicted octanol–water partition coefficient (Wildman–Crippen LogP) is 3.73. The molecule has 0 atom stereocenters. The van der Waals surface area contributed by atoms with Gasteiger partial charge < -0.3 is 25.2 Å². The van der Waals surface area contributed by atoms with Gasteiger partial charge in [0.25, 0.3) is 11.8 Å². The van der Waals surface area contributed by atoms with Crippen molar-refractivity contribution >= 4 is 23.1 Å². The number of rotatable bonds is 10. The lowest BCUT2D eigenvalue weighted by molar-refractivity contribution is -0.116. The first-order valence-corrected chi connectivity index (χ1v) is 12.5.